The van der Waals surface area contributed by atoms with Crippen molar-refractivity contribution in [2.24, 2.45) is 0 Å². The Kier molecular flexibility index (Phi) is 5.00. The third-order valence-corrected chi connectivity index (χ3v) is 3.53. The first-order valence-corrected chi connectivity index (χ1v) is 7.13. The van der Waals surface area contributed by atoms with Crippen molar-refractivity contribution in [2.75, 3.05) is 12.4 Å². The van der Waals surface area contributed by atoms with Crippen LogP contribution in [0.5, 0.6) is 0 Å². The summed E-state index contributed by atoms with van der Waals surface area (Å²) in [5.41, 5.74) is 1.55. The molecule has 2 N–H and O–H groups in total. The fraction of sp³-hybridized carbons (Fsp3) is 0.133. The molecule has 0 saturated carbocycles. The Morgan fingerprint density at radius 3 is 2.50 bits per heavy atom. The van der Waals surface area contributed by atoms with Crippen molar-refractivity contribution in [3.05, 3.63) is 57.3 Å². The number of hydrogen-bond acceptors (Lipinski definition) is 3. The number of benzene rings is 1. The van der Waals surface area contributed by atoms with Crippen LogP contribution in [0.2, 0.25) is 10.2 Å². The molecule has 1 aromatic heterocycles. The molecule has 0 atom stereocenters. The molecule has 7 heteroatoms. The Morgan fingerprint density at radius 2 is 1.86 bits per heavy atom. The van der Waals surface area contributed by atoms with Gasteiger partial charge in [-0.15, -0.1) is 0 Å². The number of nitrogens with zero attached hydrogens (tertiary/aromatic N) is 1. The van der Waals surface area contributed by atoms with E-state index in [0.717, 1.165) is 0 Å². The highest BCUT2D eigenvalue weighted by Crippen LogP contribution is 2.26. The lowest BCUT2D eigenvalue weighted by atomic mass is 10.1. The Labute approximate surface area is 137 Å². The molecule has 2 rings (SSSR count). The summed E-state index contributed by atoms with van der Waals surface area (Å²) in [6.45, 7) is 1.75. The second-order valence-corrected chi connectivity index (χ2v) is 5.31. The van der Waals surface area contributed by atoms with E-state index < -0.39 is 5.91 Å². The molecule has 0 radical (unpaired) electrons. The molecule has 0 aliphatic carbocycles. The van der Waals surface area contributed by atoms with Gasteiger partial charge in [0.25, 0.3) is 11.8 Å². The molecule has 0 bridgehead atoms. The van der Waals surface area contributed by atoms with Crippen LogP contribution in [0.25, 0.3) is 0 Å². The van der Waals surface area contributed by atoms with E-state index in [9.17, 15) is 9.59 Å². The minimum absolute atomic E-state index is 0.0908. The van der Waals surface area contributed by atoms with Crippen molar-refractivity contribution in [1.82, 2.24) is 10.3 Å². The number of hydrogen-bond donors (Lipinski definition) is 2. The van der Waals surface area contributed by atoms with Gasteiger partial charge in [-0.25, -0.2) is 4.98 Å². The lowest BCUT2D eigenvalue weighted by molar-refractivity contribution is 0.0964. The quantitative estimate of drug-likeness (QED) is 0.844. The molecule has 1 heterocycles. The van der Waals surface area contributed by atoms with Gasteiger partial charge in [0.05, 0.1) is 16.8 Å². The van der Waals surface area contributed by atoms with E-state index in [4.69, 9.17) is 23.2 Å². The lowest BCUT2D eigenvalue weighted by Crippen LogP contribution is -2.22. The van der Waals surface area contributed by atoms with Crippen molar-refractivity contribution in [1.29, 1.82) is 0 Å². The van der Waals surface area contributed by atoms with Crippen molar-refractivity contribution >= 4 is 40.7 Å². The zero-order valence-electron chi connectivity index (χ0n) is 11.9. The molecule has 0 spiro atoms. The van der Waals surface area contributed by atoms with E-state index >= 15 is 0 Å². The molecule has 5 nitrogen and oxygen atoms in total. The summed E-state index contributed by atoms with van der Waals surface area (Å²) >= 11 is 11.9. The first-order valence-electron chi connectivity index (χ1n) is 6.38. The highest BCUT2D eigenvalue weighted by atomic mass is 35.5. The summed E-state index contributed by atoms with van der Waals surface area (Å²) < 4.78 is 0. The Balaban J connectivity index is 2.43. The molecular formula is C15H13Cl2N3O2. The third kappa shape index (κ3) is 3.37. The summed E-state index contributed by atoms with van der Waals surface area (Å²) in [6.07, 6.45) is 1.49. The van der Waals surface area contributed by atoms with Gasteiger partial charge < -0.3 is 10.6 Å². The van der Waals surface area contributed by atoms with Gasteiger partial charge in [-0.3, -0.25) is 9.59 Å². The van der Waals surface area contributed by atoms with Crippen LogP contribution in [0.4, 0.5) is 5.69 Å². The number of aryl methyl sites for hydroxylation is 1. The van der Waals surface area contributed by atoms with E-state index in [1.54, 1.807) is 25.1 Å². The Morgan fingerprint density at radius 1 is 1.14 bits per heavy atom. The van der Waals surface area contributed by atoms with Crippen LogP contribution in [0.1, 0.15) is 26.3 Å². The van der Waals surface area contributed by atoms with Gasteiger partial charge in [-0.2, -0.15) is 0 Å². The first-order chi connectivity index (χ1) is 10.4. The summed E-state index contributed by atoms with van der Waals surface area (Å²) in [6, 6.07) is 6.31. The van der Waals surface area contributed by atoms with Gasteiger partial charge in [-0.1, -0.05) is 23.2 Å². The van der Waals surface area contributed by atoms with E-state index in [0.29, 0.717) is 16.3 Å². The predicted octanol–water partition coefficient (Wildman–Crippen LogP) is 3.31. The molecule has 0 fully saturated rings. The number of nitrogens with one attached hydrogen (secondary N) is 2. The molecule has 0 aliphatic rings. The van der Waals surface area contributed by atoms with Crippen molar-refractivity contribution in [3.8, 4) is 0 Å². The van der Waals surface area contributed by atoms with Crippen LogP contribution in [0, 0.1) is 6.92 Å². The highest BCUT2D eigenvalue weighted by molar-refractivity contribution is 6.33. The first kappa shape index (κ1) is 16.3. The standard InChI is InChI=1S/C15H13Cl2N3O2/c1-8-6-9(16)7-11(14(21)18-2)12(8)20-15(22)10-4-3-5-19-13(10)17/h3-7H,1-2H3,(H,18,21)(H,20,22). The number of halogens is 2. The topological polar surface area (TPSA) is 71.1 Å². The molecule has 22 heavy (non-hydrogen) atoms. The number of aromatic nitrogens is 1. The van der Waals surface area contributed by atoms with Gasteiger partial charge in [-0.05, 0) is 36.8 Å². The summed E-state index contributed by atoms with van der Waals surface area (Å²) in [4.78, 5) is 28.2. The maximum absolute atomic E-state index is 12.3. The largest absolute Gasteiger partial charge is 0.355 e. The Hall–Kier alpha value is -2.11. The second kappa shape index (κ2) is 6.77. The van der Waals surface area contributed by atoms with E-state index in [-0.39, 0.29) is 22.2 Å². The van der Waals surface area contributed by atoms with Crippen LogP contribution in [0.3, 0.4) is 0 Å². The third-order valence-electron chi connectivity index (χ3n) is 3.01. The molecule has 0 unspecified atom stereocenters. The van der Waals surface area contributed by atoms with Crippen LogP contribution in [-0.4, -0.2) is 23.8 Å². The van der Waals surface area contributed by atoms with Gasteiger partial charge in [0, 0.05) is 18.3 Å². The minimum Gasteiger partial charge on any atom is -0.355 e. The van der Waals surface area contributed by atoms with E-state index in [1.807, 2.05) is 0 Å². The van der Waals surface area contributed by atoms with Crippen molar-refractivity contribution < 1.29 is 9.59 Å². The maximum atomic E-state index is 12.3. The predicted molar refractivity (Wildman–Crippen MR) is 86.8 cm³/mol. The molecule has 0 aliphatic heterocycles. The number of carbonyl (C=O) groups is 2. The molecule has 2 aromatic rings. The molecule has 2 amide bonds. The molecule has 0 saturated heterocycles. The summed E-state index contributed by atoms with van der Waals surface area (Å²) in [5, 5.41) is 5.71. The average molecular weight is 338 g/mol. The van der Waals surface area contributed by atoms with Gasteiger partial charge in [0.2, 0.25) is 0 Å². The van der Waals surface area contributed by atoms with Gasteiger partial charge >= 0.3 is 0 Å². The van der Waals surface area contributed by atoms with Crippen LogP contribution >= 0.6 is 23.2 Å². The molecule has 114 valence electrons. The molecular weight excluding hydrogens is 325 g/mol. The van der Waals surface area contributed by atoms with E-state index in [1.165, 1.54) is 19.3 Å². The number of pyridine rings is 1. The normalized spacial score (nSPS) is 10.2. The Bertz CT molecular complexity index is 748. The highest BCUT2D eigenvalue weighted by Gasteiger charge is 2.18. The SMILES string of the molecule is CNC(=O)c1cc(Cl)cc(C)c1NC(=O)c1cccnc1Cl. The molecule has 1 aromatic carbocycles. The number of amides is 2. The number of carbonyl (C=O) groups excluding carboxylic acids is 2. The monoisotopic (exact) mass is 337 g/mol. The minimum atomic E-state index is -0.450. The van der Waals surface area contributed by atoms with Gasteiger partial charge in [0.1, 0.15) is 5.15 Å². The fourth-order valence-corrected chi connectivity index (χ4v) is 2.44. The summed E-state index contributed by atoms with van der Waals surface area (Å²) in [5.74, 6) is -0.799. The van der Waals surface area contributed by atoms with Crippen LogP contribution in [-0.2, 0) is 0 Å². The van der Waals surface area contributed by atoms with E-state index in [2.05, 4.69) is 15.6 Å². The zero-order chi connectivity index (χ0) is 16.3. The zero-order valence-corrected chi connectivity index (χ0v) is 13.4. The van der Waals surface area contributed by atoms with Crippen LogP contribution in [0.15, 0.2) is 30.5 Å². The summed E-state index contributed by atoms with van der Waals surface area (Å²) in [7, 11) is 1.50. The second-order valence-electron chi connectivity index (χ2n) is 4.52. The van der Waals surface area contributed by atoms with Crippen LogP contribution < -0.4 is 10.6 Å². The lowest BCUT2D eigenvalue weighted by Gasteiger charge is -2.14. The van der Waals surface area contributed by atoms with Crippen molar-refractivity contribution in [2.45, 2.75) is 6.92 Å². The van der Waals surface area contributed by atoms with Gasteiger partial charge in [0.15, 0.2) is 0 Å². The fourth-order valence-electron chi connectivity index (χ4n) is 1.96. The average Bonchev–Trinajstić information content (AvgIpc) is 2.49. The maximum Gasteiger partial charge on any atom is 0.258 e. The van der Waals surface area contributed by atoms with Crippen molar-refractivity contribution in [3.63, 3.8) is 0 Å². The number of anilines is 1. The smallest absolute Gasteiger partial charge is 0.258 e. The number of rotatable bonds is 3.